The number of amides is 1. The molecule has 2 atom stereocenters. The van der Waals surface area contributed by atoms with Gasteiger partial charge in [-0.05, 0) is 45.8 Å². The van der Waals surface area contributed by atoms with Crippen molar-refractivity contribution < 1.29 is 28.4 Å². The Labute approximate surface area is 175 Å². The van der Waals surface area contributed by atoms with Gasteiger partial charge in [0.1, 0.15) is 5.60 Å². The maximum Gasteiger partial charge on any atom is 0.407 e. The molecule has 1 N–H and O–H groups in total. The smallest absolute Gasteiger partial charge is 0.407 e. The summed E-state index contributed by atoms with van der Waals surface area (Å²) < 4.78 is 16.4. The topological polar surface area (TPSA) is 117 Å². The summed E-state index contributed by atoms with van der Waals surface area (Å²) in [6.07, 6.45) is -0.908. The van der Waals surface area contributed by atoms with Crippen LogP contribution in [0.5, 0.6) is 0 Å². The molecule has 29 heavy (non-hydrogen) atoms. The molecule has 9 nitrogen and oxygen atoms in total. The van der Waals surface area contributed by atoms with E-state index in [9.17, 15) is 19.7 Å². The van der Waals surface area contributed by atoms with E-state index in [4.69, 9.17) is 13.9 Å². The summed E-state index contributed by atoms with van der Waals surface area (Å²) in [6.45, 7) is 16.9. The van der Waals surface area contributed by atoms with Gasteiger partial charge in [-0.25, -0.2) is 4.79 Å². The standard InChI is InChI=1S/C19H38N2O7Si/c1-10-26-16(22)11-14(12-21(24)25)15(20-17(23)28-18(2,3)4)13-27-29(8,9)19(5,6)7/h14-15H,10-13H2,1-9H3,(H,20,23). The molecule has 0 fully saturated rings. The van der Waals surface area contributed by atoms with E-state index in [1.54, 1.807) is 27.7 Å². The van der Waals surface area contributed by atoms with E-state index >= 15 is 0 Å². The molecular formula is C19H38N2O7Si. The second kappa shape index (κ2) is 10.9. The minimum absolute atomic E-state index is 0.0493. The Morgan fingerprint density at radius 3 is 2.10 bits per heavy atom. The number of hydrogen-bond acceptors (Lipinski definition) is 7. The van der Waals surface area contributed by atoms with E-state index in [-0.39, 0.29) is 24.7 Å². The lowest BCUT2D eigenvalue weighted by atomic mass is 9.96. The van der Waals surface area contributed by atoms with E-state index in [1.807, 2.05) is 13.1 Å². The lowest BCUT2D eigenvalue weighted by Crippen LogP contribution is -2.51. The van der Waals surface area contributed by atoms with Gasteiger partial charge in [-0.3, -0.25) is 14.9 Å². The Hall–Kier alpha value is -1.68. The summed E-state index contributed by atoms with van der Waals surface area (Å²) in [6, 6.07) is -0.770. The molecule has 0 radical (unpaired) electrons. The molecule has 0 aliphatic carbocycles. The van der Waals surface area contributed by atoms with E-state index in [0.29, 0.717) is 0 Å². The van der Waals surface area contributed by atoms with Gasteiger partial charge in [-0.15, -0.1) is 0 Å². The van der Waals surface area contributed by atoms with Crippen molar-refractivity contribution in [2.45, 2.75) is 84.7 Å². The molecule has 0 bridgehead atoms. The first-order valence-electron chi connectivity index (χ1n) is 9.89. The molecule has 1 amide bonds. The Bertz CT molecular complexity index is 568. The Kier molecular flexibility index (Phi) is 10.3. The third kappa shape index (κ3) is 11.2. The van der Waals surface area contributed by atoms with Crippen molar-refractivity contribution >= 4 is 20.4 Å². The summed E-state index contributed by atoms with van der Waals surface area (Å²) in [7, 11) is -2.18. The highest BCUT2D eigenvalue weighted by Crippen LogP contribution is 2.36. The number of carbonyl (C=O) groups is 2. The number of nitrogens with zero attached hydrogens (tertiary/aromatic N) is 1. The van der Waals surface area contributed by atoms with Crippen LogP contribution >= 0.6 is 0 Å². The molecule has 0 aromatic rings. The number of rotatable bonds is 10. The zero-order chi connectivity index (χ0) is 23.0. The molecule has 0 aromatic heterocycles. The Morgan fingerprint density at radius 1 is 1.14 bits per heavy atom. The average Bonchev–Trinajstić information content (AvgIpc) is 2.47. The number of alkyl carbamates (subject to hydrolysis) is 1. The summed E-state index contributed by atoms with van der Waals surface area (Å²) >= 11 is 0. The molecule has 0 saturated carbocycles. The normalized spacial score (nSPS) is 14.7. The largest absolute Gasteiger partial charge is 0.466 e. The first-order valence-corrected chi connectivity index (χ1v) is 12.8. The van der Waals surface area contributed by atoms with Crippen LogP contribution in [0.3, 0.4) is 0 Å². The maximum absolute atomic E-state index is 12.3. The third-order valence-corrected chi connectivity index (χ3v) is 9.32. The molecule has 2 unspecified atom stereocenters. The van der Waals surface area contributed by atoms with Gasteiger partial charge < -0.3 is 19.2 Å². The second-order valence-electron chi connectivity index (χ2n) is 9.61. The van der Waals surface area contributed by atoms with Gasteiger partial charge in [0, 0.05) is 4.92 Å². The fourth-order valence-corrected chi connectivity index (χ4v) is 3.26. The summed E-state index contributed by atoms with van der Waals surface area (Å²) in [5.74, 6) is -1.34. The molecule has 0 heterocycles. The number of nitro groups is 1. The molecular weight excluding hydrogens is 396 g/mol. The Balaban J connectivity index is 5.59. The molecule has 10 heteroatoms. The quantitative estimate of drug-likeness (QED) is 0.241. The highest BCUT2D eigenvalue weighted by atomic mass is 28.4. The minimum atomic E-state index is -2.18. The molecule has 0 aliphatic rings. The zero-order valence-electron chi connectivity index (χ0n) is 19.3. The van der Waals surface area contributed by atoms with Crippen molar-refractivity contribution in [1.82, 2.24) is 5.32 Å². The predicted molar refractivity (Wildman–Crippen MR) is 113 cm³/mol. The van der Waals surface area contributed by atoms with Gasteiger partial charge in [0.15, 0.2) is 8.32 Å². The number of hydrogen-bond donors (Lipinski definition) is 1. The highest BCUT2D eigenvalue weighted by Gasteiger charge is 2.39. The highest BCUT2D eigenvalue weighted by molar-refractivity contribution is 6.74. The molecule has 0 saturated heterocycles. The summed E-state index contributed by atoms with van der Waals surface area (Å²) in [5.41, 5.74) is -0.728. The van der Waals surface area contributed by atoms with Crippen molar-refractivity contribution in [3.63, 3.8) is 0 Å². The molecule has 0 aromatic carbocycles. The minimum Gasteiger partial charge on any atom is -0.466 e. The predicted octanol–water partition coefficient (Wildman–Crippen LogP) is 3.75. The summed E-state index contributed by atoms with van der Waals surface area (Å²) in [5, 5.41) is 13.8. The second-order valence-corrected chi connectivity index (χ2v) is 14.4. The fraction of sp³-hybridized carbons (Fsp3) is 0.895. The van der Waals surface area contributed by atoms with E-state index in [1.165, 1.54) is 0 Å². The van der Waals surface area contributed by atoms with E-state index in [0.717, 1.165) is 0 Å². The zero-order valence-corrected chi connectivity index (χ0v) is 20.3. The van der Waals surface area contributed by atoms with Gasteiger partial charge in [0.2, 0.25) is 6.54 Å². The van der Waals surface area contributed by atoms with Crippen LogP contribution in [0.4, 0.5) is 4.79 Å². The SMILES string of the molecule is CCOC(=O)CC(C[N+](=O)[O-])C(CO[Si](C)(C)C(C)(C)C)NC(=O)OC(C)(C)C. The van der Waals surface area contributed by atoms with Crippen LogP contribution in [0, 0.1) is 16.0 Å². The van der Waals surface area contributed by atoms with Gasteiger partial charge in [0.25, 0.3) is 0 Å². The summed E-state index contributed by atoms with van der Waals surface area (Å²) in [4.78, 5) is 35.0. The van der Waals surface area contributed by atoms with Crippen molar-refractivity contribution in [1.29, 1.82) is 0 Å². The fourth-order valence-electron chi connectivity index (χ4n) is 2.23. The van der Waals surface area contributed by atoms with Gasteiger partial charge in [-0.1, -0.05) is 20.8 Å². The monoisotopic (exact) mass is 434 g/mol. The third-order valence-electron chi connectivity index (χ3n) is 4.82. The van der Waals surface area contributed by atoms with E-state index in [2.05, 4.69) is 26.1 Å². The van der Waals surface area contributed by atoms with Crippen molar-refractivity contribution in [2.24, 2.45) is 5.92 Å². The Morgan fingerprint density at radius 2 is 1.69 bits per heavy atom. The van der Waals surface area contributed by atoms with Crippen LogP contribution in [0.15, 0.2) is 0 Å². The van der Waals surface area contributed by atoms with Crippen LogP contribution in [-0.2, 0) is 18.7 Å². The molecule has 0 spiro atoms. The van der Waals surface area contributed by atoms with Crippen LogP contribution < -0.4 is 5.32 Å². The lowest BCUT2D eigenvalue weighted by molar-refractivity contribution is -0.489. The maximum atomic E-state index is 12.3. The number of ether oxygens (including phenoxy) is 2. The molecule has 0 rings (SSSR count). The number of carbonyl (C=O) groups excluding carboxylic acids is 2. The van der Waals surface area contributed by atoms with Crippen LogP contribution in [0.25, 0.3) is 0 Å². The first-order chi connectivity index (χ1) is 13.0. The van der Waals surface area contributed by atoms with E-state index < -0.39 is 49.4 Å². The number of nitrogens with one attached hydrogen (secondary N) is 1. The lowest BCUT2D eigenvalue weighted by Gasteiger charge is -2.38. The average molecular weight is 435 g/mol. The van der Waals surface area contributed by atoms with Crippen LogP contribution in [0.1, 0.15) is 54.9 Å². The van der Waals surface area contributed by atoms with Gasteiger partial charge in [-0.2, -0.15) is 0 Å². The molecule has 0 aliphatic heterocycles. The van der Waals surface area contributed by atoms with Gasteiger partial charge in [0.05, 0.1) is 31.6 Å². The number of esters is 1. The van der Waals surface area contributed by atoms with Crippen molar-refractivity contribution in [3.05, 3.63) is 10.1 Å². The van der Waals surface area contributed by atoms with Gasteiger partial charge >= 0.3 is 12.1 Å². The van der Waals surface area contributed by atoms with Crippen molar-refractivity contribution in [2.75, 3.05) is 19.8 Å². The van der Waals surface area contributed by atoms with Crippen LogP contribution in [-0.4, -0.2) is 56.7 Å². The van der Waals surface area contributed by atoms with Crippen LogP contribution in [0.2, 0.25) is 18.1 Å². The van der Waals surface area contributed by atoms with Crippen molar-refractivity contribution in [3.8, 4) is 0 Å². The first kappa shape index (κ1) is 27.3. The molecule has 170 valence electrons.